The molecule has 0 heterocycles. The smallest absolute Gasteiger partial charge is 0.337 e. The fourth-order valence-corrected chi connectivity index (χ4v) is 3.34. The molecule has 0 radical (unpaired) electrons. The van der Waals surface area contributed by atoms with Crippen LogP contribution in [0.1, 0.15) is 47.0 Å². The van der Waals surface area contributed by atoms with Gasteiger partial charge >= 0.3 is 11.9 Å². The van der Waals surface area contributed by atoms with Gasteiger partial charge in [0, 0.05) is 17.5 Å². The molecule has 0 bridgehead atoms. The number of carbonyl (C=O) groups excluding carboxylic acids is 2. The molecule has 0 saturated carbocycles. The number of carbonyl (C=O) groups is 4. The Bertz CT molecular complexity index is 1260. The molecule has 1 amide bonds. The average Bonchev–Trinajstić information content (AvgIpc) is 2.90. The van der Waals surface area contributed by atoms with Gasteiger partial charge in [0.2, 0.25) is 0 Å². The minimum absolute atomic E-state index is 0.0711. The minimum Gasteiger partial charge on any atom is -0.478 e. The van der Waals surface area contributed by atoms with Crippen LogP contribution in [0.25, 0.3) is 0 Å². The number of amides is 1. The molecule has 7 heteroatoms. The number of nitrogens with one attached hydrogen (secondary N) is 1. The van der Waals surface area contributed by atoms with E-state index in [0.29, 0.717) is 22.4 Å². The lowest BCUT2D eigenvalue weighted by molar-refractivity contribution is 0.0685. The third-order valence-electron chi connectivity index (χ3n) is 5.14. The summed E-state index contributed by atoms with van der Waals surface area (Å²) in [6.07, 6.45) is 0.104. The molecule has 0 aliphatic heterocycles. The van der Waals surface area contributed by atoms with Crippen molar-refractivity contribution in [3.8, 4) is 0 Å². The Balaban J connectivity index is 0.000000201. The van der Waals surface area contributed by atoms with Crippen molar-refractivity contribution in [2.45, 2.75) is 6.42 Å². The maximum atomic E-state index is 12.0. The van der Waals surface area contributed by atoms with Crippen molar-refractivity contribution in [1.82, 2.24) is 0 Å². The summed E-state index contributed by atoms with van der Waals surface area (Å²) in [4.78, 5) is 45.9. The first-order chi connectivity index (χ1) is 17.4. The lowest BCUT2D eigenvalue weighted by Crippen LogP contribution is -2.14. The van der Waals surface area contributed by atoms with Crippen LogP contribution in [0.3, 0.4) is 0 Å². The van der Waals surface area contributed by atoms with Crippen molar-refractivity contribution < 1.29 is 29.4 Å². The van der Waals surface area contributed by atoms with Crippen LogP contribution >= 0.6 is 0 Å². The highest BCUT2D eigenvalue weighted by molar-refractivity contribution is 6.07. The van der Waals surface area contributed by atoms with Crippen LogP contribution in [-0.4, -0.2) is 33.8 Å². The largest absolute Gasteiger partial charge is 0.478 e. The third kappa shape index (κ3) is 6.98. The highest BCUT2D eigenvalue weighted by Gasteiger charge is 2.14. The van der Waals surface area contributed by atoms with E-state index < -0.39 is 11.9 Å². The molecule has 0 unspecified atom stereocenters. The highest BCUT2D eigenvalue weighted by Crippen LogP contribution is 2.16. The molecule has 0 saturated heterocycles. The van der Waals surface area contributed by atoms with Gasteiger partial charge in [-0.15, -0.1) is 0 Å². The molecule has 0 spiro atoms. The molecule has 4 aromatic carbocycles. The number of carboxylic acid groups (broad SMARTS) is 2. The minimum atomic E-state index is -1.07. The predicted molar refractivity (Wildman–Crippen MR) is 136 cm³/mol. The highest BCUT2D eigenvalue weighted by atomic mass is 16.4. The maximum absolute atomic E-state index is 12.0. The van der Waals surface area contributed by atoms with Gasteiger partial charge in [-0.25, -0.2) is 9.59 Å². The zero-order valence-electron chi connectivity index (χ0n) is 19.1. The Morgan fingerprint density at radius 3 is 1.61 bits per heavy atom. The van der Waals surface area contributed by atoms with Crippen LogP contribution in [0.2, 0.25) is 0 Å². The number of carboxylic acids is 2. The summed E-state index contributed by atoms with van der Waals surface area (Å²) in [5.41, 5.74) is 2.16. The van der Waals surface area contributed by atoms with Gasteiger partial charge in [0.1, 0.15) is 0 Å². The molecule has 4 rings (SSSR count). The summed E-state index contributed by atoms with van der Waals surface area (Å²) in [6, 6.07) is 30.4. The number of rotatable bonds is 7. The van der Waals surface area contributed by atoms with Crippen molar-refractivity contribution in [1.29, 1.82) is 0 Å². The second-order valence-electron chi connectivity index (χ2n) is 7.60. The van der Waals surface area contributed by atoms with E-state index in [4.69, 9.17) is 10.2 Å². The van der Waals surface area contributed by atoms with Gasteiger partial charge in [-0.05, 0) is 35.9 Å². The van der Waals surface area contributed by atoms with Gasteiger partial charge in [0.25, 0.3) is 5.91 Å². The van der Waals surface area contributed by atoms with Gasteiger partial charge < -0.3 is 15.5 Å². The van der Waals surface area contributed by atoms with E-state index in [1.165, 1.54) is 12.1 Å². The van der Waals surface area contributed by atoms with Crippen LogP contribution < -0.4 is 5.32 Å². The fraction of sp³-hybridized carbons (Fsp3) is 0.0345. The van der Waals surface area contributed by atoms with E-state index in [9.17, 15) is 19.2 Å². The van der Waals surface area contributed by atoms with Crippen LogP contribution in [0.4, 0.5) is 5.69 Å². The van der Waals surface area contributed by atoms with E-state index in [-0.39, 0.29) is 29.2 Å². The van der Waals surface area contributed by atoms with Crippen LogP contribution in [0, 0.1) is 0 Å². The molecular weight excluding hydrogens is 458 g/mol. The van der Waals surface area contributed by atoms with E-state index >= 15 is 0 Å². The van der Waals surface area contributed by atoms with E-state index in [0.717, 1.165) is 0 Å². The van der Waals surface area contributed by atoms with Gasteiger partial charge in [-0.3, -0.25) is 9.59 Å². The zero-order chi connectivity index (χ0) is 25.9. The summed E-state index contributed by atoms with van der Waals surface area (Å²) in [7, 11) is 0. The standard InChI is InChI=1S/C15H12O3.C14H11NO3/c16-14(11-6-2-1-3-7-11)10-12-8-4-5-9-13(12)15(17)18;16-13(10-6-2-1-3-7-10)15-12-9-5-4-8-11(12)14(17)18/h1-9H,10H2,(H,17,18);1-9H,(H,15,16)(H,17,18). The van der Waals surface area contributed by atoms with Crippen molar-refractivity contribution in [2.75, 3.05) is 5.32 Å². The Kier molecular flexibility index (Phi) is 8.83. The number of hydrogen-bond acceptors (Lipinski definition) is 4. The van der Waals surface area contributed by atoms with Crippen LogP contribution in [0.15, 0.2) is 109 Å². The average molecular weight is 482 g/mol. The van der Waals surface area contributed by atoms with Crippen molar-refractivity contribution in [3.05, 3.63) is 137 Å². The fourth-order valence-electron chi connectivity index (χ4n) is 3.34. The van der Waals surface area contributed by atoms with Gasteiger partial charge in [-0.1, -0.05) is 78.9 Å². The molecule has 180 valence electrons. The molecule has 4 aromatic rings. The number of para-hydroxylation sites is 1. The molecule has 0 atom stereocenters. The Morgan fingerprint density at radius 1 is 0.556 bits per heavy atom. The predicted octanol–water partition coefficient (Wildman–Crippen LogP) is 5.45. The third-order valence-corrected chi connectivity index (χ3v) is 5.14. The molecule has 0 fully saturated rings. The van der Waals surface area contributed by atoms with Gasteiger partial charge in [-0.2, -0.15) is 0 Å². The number of ketones is 1. The molecule has 3 N–H and O–H groups in total. The first kappa shape index (κ1) is 25.6. The van der Waals surface area contributed by atoms with Crippen LogP contribution in [-0.2, 0) is 6.42 Å². The van der Waals surface area contributed by atoms with E-state index in [1.54, 1.807) is 84.9 Å². The quantitative estimate of drug-likeness (QED) is 0.302. The lowest BCUT2D eigenvalue weighted by atomic mass is 9.99. The van der Waals surface area contributed by atoms with Crippen LogP contribution in [0.5, 0.6) is 0 Å². The number of Topliss-reactive ketones (excluding diaryl/α,β-unsaturated/α-hetero) is 1. The van der Waals surface area contributed by atoms with E-state index in [1.807, 2.05) is 12.1 Å². The summed E-state index contributed by atoms with van der Waals surface area (Å²) in [5.74, 6) is -2.49. The molecular formula is C29H23NO6. The summed E-state index contributed by atoms with van der Waals surface area (Å²) in [6.45, 7) is 0. The number of aromatic carboxylic acids is 2. The van der Waals surface area contributed by atoms with Gasteiger partial charge in [0.15, 0.2) is 5.78 Å². The van der Waals surface area contributed by atoms with Crippen molar-refractivity contribution in [3.63, 3.8) is 0 Å². The van der Waals surface area contributed by atoms with Crippen molar-refractivity contribution in [2.24, 2.45) is 0 Å². The zero-order valence-corrected chi connectivity index (χ0v) is 19.1. The molecule has 0 aliphatic carbocycles. The first-order valence-electron chi connectivity index (χ1n) is 10.9. The normalized spacial score (nSPS) is 9.89. The van der Waals surface area contributed by atoms with Crippen molar-refractivity contribution >= 4 is 29.3 Å². The maximum Gasteiger partial charge on any atom is 0.337 e. The Morgan fingerprint density at radius 2 is 1.03 bits per heavy atom. The number of hydrogen-bond donors (Lipinski definition) is 3. The molecule has 7 nitrogen and oxygen atoms in total. The Labute approximate surface area is 207 Å². The monoisotopic (exact) mass is 481 g/mol. The molecule has 36 heavy (non-hydrogen) atoms. The number of anilines is 1. The second-order valence-corrected chi connectivity index (χ2v) is 7.60. The first-order valence-corrected chi connectivity index (χ1v) is 10.9. The number of benzene rings is 4. The topological polar surface area (TPSA) is 121 Å². The van der Waals surface area contributed by atoms with Gasteiger partial charge in [0.05, 0.1) is 16.8 Å². The summed E-state index contributed by atoms with van der Waals surface area (Å²) >= 11 is 0. The summed E-state index contributed by atoms with van der Waals surface area (Å²) < 4.78 is 0. The SMILES string of the molecule is O=C(Cc1ccccc1C(=O)O)c1ccccc1.O=C(Nc1ccccc1C(=O)O)c1ccccc1. The second kappa shape index (κ2) is 12.4. The molecule has 0 aromatic heterocycles. The van der Waals surface area contributed by atoms with E-state index in [2.05, 4.69) is 5.32 Å². The molecule has 0 aliphatic rings. The Hall–Kier alpha value is -5.04. The summed E-state index contributed by atoms with van der Waals surface area (Å²) in [5, 5.41) is 20.6. The lowest BCUT2D eigenvalue weighted by Gasteiger charge is -2.07.